The SMILES string of the molecule is CC(C)(C)N(CCS(C)(=O)=O)Cc1ccc(-c2ccc3ncnc(Nc4ccc(OCc5cccc(F)c5)c(Cl)c4)c3c2)o1. The van der Waals surface area contributed by atoms with Gasteiger partial charge in [0, 0.05) is 35.0 Å². The van der Waals surface area contributed by atoms with Gasteiger partial charge in [-0.2, -0.15) is 0 Å². The Morgan fingerprint density at radius 1 is 1.02 bits per heavy atom. The van der Waals surface area contributed by atoms with Crippen molar-refractivity contribution in [3.63, 3.8) is 0 Å². The van der Waals surface area contributed by atoms with Crippen molar-refractivity contribution in [3.05, 3.63) is 101 Å². The minimum Gasteiger partial charge on any atom is -0.487 e. The highest BCUT2D eigenvalue weighted by Crippen LogP contribution is 2.33. The third kappa shape index (κ3) is 8.13. The van der Waals surface area contributed by atoms with Crippen molar-refractivity contribution in [1.82, 2.24) is 14.9 Å². The van der Waals surface area contributed by atoms with Gasteiger partial charge in [0.2, 0.25) is 0 Å². The van der Waals surface area contributed by atoms with Crippen molar-refractivity contribution in [2.24, 2.45) is 0 Å². The summed E-state index contributed by atoms with van der Waals surface area (Å²) in [6.45, 7) is 7.23. The Bertz CT molecular complexity index is 1890. The standard InChI is InChI=1S/C33H34ClFN4O4S/c1-33(2,3)39(14-15-44(4,40)41)19-26-10-13-30(43-26)23-8-11-29-27(17-23)32(37-21-36-29)38-25-9-12-31(28(34)18-25)42-20-22-6-5-7-24(35)16-22/h5-13,16-18,21H,14-15,19-20H2,1-4H3,(H,36,37,38). The summed E-state index contributed by atoms with van der Waals surface area (Å²) in [5.74, 6) is 2.24. The van der Waals surface area contributed by atoms with Crippen molar-refractivity contribution >= 4 is 43.8 Å². The fraction of sp³-hybridized carbons (Fsp3) is 0.273. The maximum absolute atomic E-state index is 13.5. The van der Waals surface area contributed by atoms with Crippen LogP contribution in [0.15, 0.2) is 83.5 Å². The van der Waals surface area contributed by atoms with Crippen molar-refractivity contribution in [2.75, 3.05) is 23.9 Å². The van der Waals surface area contributed by atoms with E-state index in [-0.39, 0.29) is 23.7 Å². The van der Waals surface area contributed by atoms with Gasteiger partial charge in [0.15, 0.2) is 0 Å². The van der Waals surface area contributed by atoms with E-state index < -0.39 is 9.84 Å². The lowest BCUT2D eigenvalue weighted by Gasteiger charge is -2.34. The van der Waals surface area contributed by atoms with E-state index in [0.29, 0.717) is 46.7 Å². The zero-order valence-electron chi connectivity index (χ0n) is 25.0. The Morgan fingerprint density at radius 2 is 1.84 bits per heavy atom. The molecule has 0 saturated carbocycles. The van der Waals surface area contributed by atoms with Crippen LogP contribution in [-0.2, 0) is 23.0 Å². The molecule has 44 heavy (non-hydrogen) atoms. The van der Waals surface area contributed by atoms with E-state index in [4.69, 9.17) is 20.8 Å². The van der Waals surface area contributed by atoms with Crippen molar-refractivity contribution in [1.29, 1.82) is 0 Å². The average Bonchev–Trinajstić information content (AvgIpc) is 3.42. The summed E-state index contributed by atoms with van der Waals surface area (Å²) in [4.78, 5) is 11.0. The summed E-state index contributed by atoms with van der Waals surface area (Å²) in [5.41, 5.74) is 2.76. The molecular weight excluding hydrogens is 603 g/mol. The van der Waals surface area contributed by atoms with E-state index >= 15 is 0 Å². The average molecular weight is 637 g/mol. The predicted octanol–water partition coefficient (Wildman–Crippen LogP) is 7.65. The first-order valence-corrected chi connectivity index (χ1v) is 16.5. The number of fused-ring (bicyclic) bond motifs is 1. The Labute approximate surface area is 261 Å². The predicted molar refractivity (Wildman–Crippen MR) is 173 cm³/mol. The minimum absolute atomic E-state index is 0.0775. The van der Waals surface area contributed by atoms with Crippen LogP contribution in [0, 0.1) is 5.82 Å². The molecule has 3 aromatic carbocycles. The van der Waals surface area contributed by atoms with Crippen LogP contribution in [0.3, 0.4) is 0 Å². The Balaban J connectivity index is 1.33. The zero-order valence-corrected chi connectivity index (χ0v) is 26.5. The molecule has 0 saturated heterocycles. The summed E-state index contributed by atoms with van der Waals surface area (Å²) >= 11 is 6.51. The first-order chi connectivity index (χ1) is 20.8. The smallest absolute Gasteiger partial charge is 0.148 e. The maximum atomic E-state index is 13.5. The Hall–Kier alpha value is -3.99. The lowest BCUT2D eigenvalue weighted by atomic mass is 10.1. The molecule has 0 bridgehead atoms. The molecule has 0 unspecified atom stereocenters. The van der Waals surface area contributed by atoms with Crippen LogP contribution < -0.4 is 10.1 Å². The van der Waals surface area contributed by atoms with E-state index in [2.05, 4.69) is 41.0 Å². The number of nitrogens with zero attached hydrogens (tertiary/aromatic N) is 3. The molecular formula is C33H34ClFN4O4S. The second kappa shape index (κ2) is 12.9. The van der Waals surface area contributed by atoms with Crippen LogP contribution in [0.2, 0.25) is 5.02 Å². The lowest BCUT2D eigenvalue weighted by molar-refractivity contribution is 0.127. The number of sulfone groups is 1. The quantitative estimate of drug-likeness (QED) is 0.158. The van der Waals surface area contributed by atoms with Gasteiger partial charge < -0.3 is 14.5 Å². The van der Waals surface area contributed by atoms with Crippen LogP contribution in [-0.4, -0.2) is 47.4 Å². The van der Waals surface area contributed by atoms with Crippen molar-refractivity contribution < 1.29 is 22.0 Å². The molecule has 0 aliphatic carbocycles. The van der Waals surface area contributed by atoms with E-state index in [1.54, 1.807) is 24.3 Å². The fourth-order valence-electron chi connectivity index (χ4n) is 4.66. The summed E-state index contributed by atoms with van der Waals surface area (Å²) in [5, 5.41) is 4.51. The normalized spacial score (nSPS) is 12.2. The molecule has 5 rings (SSSR count). The number of furan rings is 1. The monoisotopic (exact) mass is 636 g/mol. The molecule has 5 aromatic rings. The van der Waals surface area contributed by atoms with Crippen molar-refractivity contribution in [3.8, 4) is 17.1 Å². The first-order valence-electron chi connectivity index (χ1n) is 14.0. The van der Waals surface area contributed by atoms with Gasteiger partial charge in [0.1, 0.15) is 51.7 Å². The summed E-state index contributed by atoms with van der Waals surface area (Å²) in [6, 6.07) is 21.2. The highest BCUT2D eigenvalue weighted by Gasteiger charge is 2.24. The third-order valence-electron chi connectivity index (χ3n) is 7.09. The maximum Gasteiger partial charge on any atom is 0.148 e. The number of halogens is 2. The number of nitrogens with one attached hydrogen (secondary N) is 1. The van der Waals surface area contributed by atoms with E-state index in [0.717, 1.165) is 22.2 Å². The van der Waals surface area contributed by atoms with Gasteiger partial charge in [-0.1, -0.05) is 23.7 Å². The topological polar surface area (TPSA) is 97.6 Å². The number of aromatic nitrogens is 2. The van der Waals surface area contributed by atoms with Gasteiger partial charge in [-0.05, 0) is 87.0 Å². The first kappa shape index (κ1) is 31.4. The largest absolute Gasteiger partial charge is 0.487 e. The van der Waals surface area contributed by atoms with Crippen LogP contribution in [0.25, 0.3) is 22.2 Å². The van der Waals surface area contributed by atoms with Gasteiger partial charge >= 0.3 is 0 Å². The molecule has 0 fully saturated rings. The molecule has 2 aromatic heterocycles. The molecule has 11 heteroatoms. The number of hydrogen-bond acceptors (Lipinski definition) is 8. The number of anilines is 2. The van der Waals surface area contributed by atoms with E-state index in [9.17, 15) is 12.8 Å². The number of benzene rings is 3. The Kier molecular flexibility index (Phi) is 9.24. The number of hydrogen-bond donors (Lipinski definition) is 1. The molecule has 1 N–H and O–H groups in total. The lowest BCUT2D eigenvalue weighted by Crippen LogP contribution is -2.43. The van der Waals surface area contributed by atoms with Gasteiger partial charge in [-0.15, -0.1) is 0 Å². The molecule has 0 aliphatic heterocycles. The highest BCUT2D eigenvalue weighted by atomic mass is 35.5. The van der Waals surface area contributed by atoms with Crippen LogP contribution in [0.5, 0.6) is 5.75 Å². The van der Waals surface area contributed by atoms with Crippen LogP contribution in [0.4, 0.5) is 15.9 Å². The molecule has 2 heterocycles. The molecule has 8 nitrogen and oxygen atoms in total. The number of rotatable bonds is 11. The molecule has 0 atom stereocenters. The summed E-state index contributed by atoms with van der Waals surface area (Å²) in [6.07, 6.45) is 2.74. The zero-order chi connectivity index (χ0) is 31.5. The summed E-state index contributed by atoms with van der Waals surface area (Å²) in [7, 11) is -3.09. The highest BCUT2D eigenvalue weighted by molar-refractivity contribution is 7.90. The van der Waals surface area contributed by atoms with Gasteiger partial charge in [-0.3, -0.25) is 4.90 Å². The van der Waals surface area contributed by atoms with Crippen LogP contribution in [0.1, 0.15) is 32.1 Å². The molecule has 0 amide bonds. The fourth-order valence-corrected chi connectivity index (χ4v) is 5.45. The second-order valence-corrected chi connectivity index (χ2v) is 14.3. The number of ether oxygens (including phenoxy) is 1. The summed E-state index contributed by atoms with van der Waals surface area (Å²) < 4.78 is 49.1. The van der Waals surface area contributed by atoms with Crippen LogP contribution >= 0.6 is 11.6 Å². The molecule has 0 radical (unpaired) electrons. The second-order valence-electron chi connectivity index (χ2n) is 11.6. The Morgan fingerprint density at radius 3 is 2.57 bits per heavy atom. The molecule has 230 valence electrons. The van der Waals surface area contributed by atoms with Gasteiger partial charge in [0.25, 0.3) is 0 Å². The minimum atomic E-state index is -3.09. The van der Waals surface area contributed by atoms with E-state index in [1.807, 2.05) is 36.4 Å². The van der Waals surface area contributed by atoms with Gasteiger partial charge in [0.05, 0.1) is 22.8 Å². The molecule has 0 spiro atoms. The van der Waals surface area contributed by atoms with Crippen molar-refractivity contribution in [2.45, 2.75) is 39.5 Å². The van der Waals surface area contributed by atoms with Gasteiger partial charge in [-0.25, -0.2) is 22.8 Å². The third-order valence-corrected chi connectivity index (χ3v) is 8.31. The van der Waals surface area contributed by atoms with E-state index in [1.165, 1.54) is 24.7 Å². The molecule has 0 aliphatic rings.